The van der Waals surface area contributed by atoms with Crippen molar-refractivity contribution in [3.63, 3.8) is 0 Å². The number of carbonyl (C=O) groups is 1. The molecule has 0 aromatic carbocycles. The number of hydrogen-bond acceptors (Lipinski definition) is 5. The Morgan fingerprint density at radius 1 is 1.00 bits per heavy atom. The first-order valence-electron chi connectivity index (χ1n) is 5.36. The summed E-state index contributed by atoms with van der Waals surface area (Å²) in [4.78, 5) is 11.1. The summed E-state index contributed by atoms with van der Waals surface area (Å²) >= 11 is 0. The molecule has 6 heteroatoms. The zero-order valence-corrected chi connectivity index (χ0v) is 12.7. The molecule has 0 bridgehead atoms. The highest BCUT2D eigenvalue weighted by molar-refractivity contribution is 6.72. The van der Waals surface area contributed by atoms with Crippen LogP contribution in [0.4, 0.5) is 0 Å². The minimum Gasteiger partial charge on any atom is -0.462 e. The third-order valence-corrected chi connectivity index (χ3v) is 8.02. The molecule has 0 aliphatic carbocycles. The molecule has 1 unspecified atom stereocenters. The second-order valence-corrected chi connectivity index (χ2v) is 9.49. The quantitative estimate of drug-likeness (QED) is 0.509. The lowest BCUT2D eigenvalue weighted by Gasteiger charge is -2.49. The Balaban J connectivity index is 5.26. The molecular weight excluding hydrogens is 222 g/mol. The molecule has 0 N–H and O–H groups in total. The zero-order valence-electron chi connectivity index (χ0n) is 11.7. The van der Waals surface area contributed by atoms with E-state index in [0.717, 1.165) is 0 Å². The maximum Gasteiger partial charge on any atom is 0.330 e. The molecule has 0 fully saturated rings. The van der Waals surface area contributed by atoms with E-state index in [1.54, 1.807) is 0 Å². The molecule has 0 rings (SSSR count). The molecule has 0 saturated carbocycles. The van der Waals surface area contributed by atoms with Gasteiger partial charge in [-0.1, -0.05) is 0 Å². The van der Waals surface area contributed by atoms with Crippen molar-refractivity contribution in [2.45, 2.75) is 19.6 Å². The number of hydrogen-bond donors (Lipinski definition) is 0. The Hall–Kier alpha value is -0.433. The normalized spacial score (nSPS) is 14.7. The van der Waals surface area contributed by atoms with Crippen molar-refractivity contribution in [2.24, 2.45) is 0 Å². The summed E-state index contributed by atoms with van der Waals surface area (Å²) in [5.41, 5.74) is -0.120. The first kappa shape index (κ1) is 15.6. The topological polar surface area (TPSA) is 36.0 Å². The molecule has 0 amide bonds. The van der Waals surface area contributed by atoms with E-state index >= 15 is 0 Å². The van der Waals surface area contributed by atoms with E-state index in [1.165, 1.54) is 6.92 Å². The third kappa shape index (κ3) is 2.82. The maximum atomic E-state index is 11.1. The summed E-state index contributed by atoms with van der Waals surface area (Å²) in [5.74, 6) is -0.227. The SMILES string of the molecule is CC(=O)OC(C)[Si](N(C)C)(N(C)C)N(C)C. The number of nitrogens with zero attached hydrogens (tertiary/aromatic N) is 3. The van der Waals surface area contributed by atoms with Crippen molar-refractivity contribution >= 4 is 14.5 Å². The van der Waals surface area contributed by atoms with Gasteiger partial charge in [0.05, 0.1) is 0 Å². The highest BCUT2D eigenvalue weighted by atomic mass is 28.4. The molecule has 0 aliphatic heterocycles. The monoisotopic (exact) mass is 247 g/mol. The van der Waals surface area contributed by atoms with E-state index < -0.39 is 8.56 Å². The summed E-state index contributed by atoms with van der Waals surface area (Å²) in [7, 11) is 10.1. The molecule has 0 spiro atoms. The molecular formula is C10H25N3O2Si. The minimum absolute atomic E-state index is 0.120. The molecule has 0 aliphatic rings. The molecule has 0 aromatic heterocycles. The molecule has 0 heterocycles. The van der Waals surface area contributed by atoms with Gasteiger partial charge < -0.3 is 18.4 Å². The van der Waals surface area contributed by atoms with Crippen molar-refractivity contribution in [2.75, 3.05) is 42.3 Å². The number of carbonyl (C=O) groups excluding carboxylic acids is 1. The Bertz CT molecular complexity index is 222. The Morgan fingerprint density at radius 3 is 1.50 bits per heavy atom. The summed E-state index contributed by atoms with van der Waals surface area (Å²) in [5, 5.41) is 0. The minimum atomic E-state index is -2.14. The van der Waals surface area contributed by atoms with E-state index in [9.17, 15) is 4.79 Å². The van der Waals surface area contributed by atoms with Crippen LogP contribution < -0.4 is 0 Å². The van der Waals surface area contributed by atoms with Crippen molar-refractivity contribution in [3.8, 4) is 0 Å². The van der Waals surface area contributed by atoms with E-state index in [2.05, 4.69) is 13.7 Å². The van der Waals surface area contributed by atoms with Gasteiger partial charge in [-0.25, -0.2) is 0 Å². The second kappa shape index (κ2) is 5.76. The molecule has 0 radical (unpaired) electrons. The van der Waals surface area contributed by atoms with Crippen molar-refractivity contribution in [1.82, 2.24) is 13.7 Å². The van der Waals surface area contributed by atoms with Gasteiger partial charge in [0.1, 0.15) is 5.73 Å². The van der Waals surface area contributed by atoms with Crippen molar-refractivity contribution in [3.05, 3.63) is 0 Å². The van der Waals surface area contributed by atoms with Crippen LogP contribution in [0.25, 0.3) is 0 Å². The van der Waals surface area contributed by atoms with Gasteiger partial charge in [0, 0.05) is 6.92 Å². The van der Waals surface area contributed by atoms with Gasteiger partial charge in [-0.05, 0) is 49.2 Å². The van der Waals surface area contributed by atoms with Gasteiger partial charge in [0.2, 0.25) is 0 Å². The number of rotatable bonds is 5. The second-order valence-electron chi connectivity index (χ2n) is 4.62. The predicted octanol–water partition coefficient (Wildman–Crippen LogP) is 0.101. The van der Waals surface area contributed by atoms with E-state index in [4.69, 9.17) is 4.74 Å². The first-order valence-corrected chi connectivity index (χ1v) is 7.28. The van der Waals surface area contributed by atoms with E-state index in [-0.39, 0.29) is 11.7 Å². The fourth-order valence-corrected chi connectivity index (χ4v) is 7.52. The smallest absolute Gasteiger partial charge is 0.330 e. The maximum absolute atomic E-state index is 11.1. The average Bonchev–Trinajstić information content (AvgIpc) is 1.99. The average molecular weight is 247 g/mol. The summed E-state index contributed by atoms with van der Waals surface area (Å²) in [6.07, 6.45) is 0. The van der Waals surface area contributed by atoms with Crippen LogP contribution in [0.15, 0.2) is 0 Å². The van der Waals surface area contributed by atoms with Crippen LogP contribution in [0.2, 0.25) is 0 Å². The Kier molecular flexibility index (Phi) is 5.61. The van der Waals surface area contributed by atoms with Crippen LogP contribution in [0, 0.1) is 0 Å². The molecule has 16 heavy (non-hydrogen) atoms. The number of ether oxygens (including phenoxy) is 1. The molecule has 0 aromatic rings. The number of esters is 1. The van der Waals surface area contributed by atoms with Gasteiger partial charge in [-0.2, -0.15) is 0 Å². The first-order chi connectivity index (χ1) is 7.17. The molecule has 0 saturated heterocycles. The highest BCUT2D eigenvalue weighted by Crippen LogP contribution is 2.19. The fourth-order valence-electron chi connectivity index (χ4n) is 2.62. The van der Waals surface area contributed by atoms with Crippen LogP contribution in [0.5, 0.6) is 0 Å². The molecule has 1 atom stereocenters. The van der Waals surface area contributed by atoms with Crippen LogP contribution in [0.3, 0.4) is 0 Å². The van der Waals surface area contributed by atoms with Gasteiger partial charge in [0.15, 0.2) is 0 Å². The highest BCUT2D eigenvalue weighted by Gasteiger charge is 2.50. The van der Waals surface area contributed by atoms with Crippen molar-refractivity contribution < 1.29 is 9.53 Å². The predicted molar refractivity (Wildman–Crippen MR) is 68.0 cm³/mol. The van der Waals surface area contributed by atoms with Gasteiger partial charge in [-0.3, -0.25) is 4.79 Å². The van der Waals surface area contributed by atoms with Gasteiger partial charge in [0.25, 0.3) is 0 Å². The lowest BCUT2D eigenvalue weighted by molar-refractivity contribution is -0.143. The van der Waals surface area contributed by atoms with Gasteiger partial charge >= 0.3 is 14.5 Å². The van der Waals surface area contributed by atoms with E-state index in [1.807, 2.05) is 49.2 Å². The van der Waals surface area contributed by atoms with Crippen LogP contribution in [-0.4, -0.2) is 76.2 Å². The fraction of sp³-hybridized carbons (Fsp3) is 0.900. The van der Waals surface area contributed by atoms with Crippen LogP contribution >= 0.6 is 0 Å². The molecule has 96 valence electrons. The van der Waals surface area contributed by atoms with Crippen LogP contribution in [-0.2, 0) is 9.53 Å². The lowest BCUT2D eigenvalue weighted by Crippen LogP contribution is -2.76. The Morgan fingerprint density at radius 2 is 1.31 bits per heavy atom. The largest absolute Gasteiger partial charge is 0.462 e. The summed E-state index contributed by atoms with van der Waals surface area (Å²) in [6, 6.07) is 0. The zero-order chi connectivity index (χ0) is 13.1. The van der Waals surface area contributed by atoms with E-state index in [0.29, 0.717) is 0 Å². The van der Waals surface area contributed by atoms with Crippen molar-refractivity contribution in [1.29, 1.82) is 0 Å². The third-order valence-electron chi connectivity index (χ3n) is 2.86. The Labute approximate surface area is 100 Å². The van der Waals surface area contributed by atoms with Gasteiger partial charge in [-0.15, -0.1) is 0 Å². The standard InChI is InChI=1S/C10H25N3O2Si/c1-9(14)15-10(2)16(11(3)4,12(5)6)13(7)8/h10H,1-8H3. The molecule has 5 nitrogen and oxygen atoms in total. The van der Waals surface area contributed by atoms with Crippen LogP contribution in [0.1, 0.15) is 13.8 Å². The lowest BCUT2D eigenvalue weighted by atomic mass is 10.8. The summed E-state index contributed by atoms with van der Waals surface area (Å²) in [6.45, 7) is 3.42. The summed E-state index contributed by atoms with van der Waals surface area (Å²) < 4.78 is 11.9.